The van der Waals surface area contributed by atoms with Gasteiger partial charge in [-0.1, -0.05) is 41.9 Å². The van der Waals surface area contributed by atoms with Crippen molar-refractivity contribution in [1.29, 1.82) is 0 Å². The number of hydrogen-bond acceptors (Lipinski definition) is 3. The maximum absolute atomic E-state index is 6.25. The summed E-state index contributed by atoms with van der Waals surface area (Å²) in [5.74, 6) is 0.613. The van der Waals surface area contributed by atoms with Crippen molar-refractivity contribution in [3.8, 4) is 22.6 Å². The SMILES string of the molecule is Cc1c(Cl)nc(-c2ccncc2)nc1-c1ccccc1. The predicted molar refractivity (Wildman–Crippen MR) is 80.4 cm³/mol. The summed E-state index contributed by atoms with van der Waals surface area (Å²) < 4.78 is 0. The minimum atomic E-state index is 0.477. The van der Waals surface area contributed by atoms with Crippen LogP contribution in [0.3, 0.4) is 0 Å². The Morgan fingerprint density at radius 3 is 2.25 bits per heavy atom. The Hall–Kier alpha value is -2.26. The quantitative estimate of drug-likeness (QED) is 0.662. The molecule has 0 bridgehead atoms. The fraction of sp³-hybridized carbons (Fsp3) is 0.0625. The second-order valence-electron chi connectivity index (χ2n) is 4.41. The summed E-state index contributed by atoms with van der Waals surface area (Å²) in [6.45, 7) is 1.93. The van der Waals surface area contributed by atoms with Crippen molar-refractivity contribution < 1.29 is 0 Å². The third kappa shape index (κ3) is 2.40. The molecule has 0 atom stereocenters. The Balaban J connectivity index is 2.19. The van der Waals surface area contributed by atoms with E-state index < -0.39 is 0 Å². The van der Waals surface area contributed by atoms with E-state index in [-0.39, 0.29) is 0 Å². The van der Waals surface area contributed by atoms with E-state index in [0.29, 0.717) is 11.0 Å². The van der Waals surface area contributed by atoms with E-state index in [9.17, 15) is 0 Å². The number of pyridine rings is 1. The normalized spacial score (nSPS) is 10.5. The lowest BCUT2D eigenvalue weighted by molar-refractivity contribution is 1.14. The Labute approximate surface area is 122 Å². The first-order valence-corrected chi connectivity index (χ1v) is 6.63. The molecule has 98 valence electrons. The molecule has 0 fully saturated rings. The van der Waals surface area contributed by atoms with Gasteiger partial charge in [0.1, 0.15) is 5.15 Å². The number of aromatic nitrogens is 3. The van der Waals surface area contributed by atoms with Gasteiger partial charge in [0, 0.05) is 29.1 Å². The topological polar surface area (TPSA) is 38.7 Å². The predicted octanol–water partition coefficient (Wildman–Crippen LogP) is 4.17. The molecule has 20 heavy (non-hydrogen) atoms. The smallest absolute Gasteiger partial charge is 0.161 e. The molecule has 0 aliphatic carbocycles. The fourth-order valence-corrected chi connectivity index (χ4v) is 2.17. The Morgan fingerprint density at radius 2 is 1.55 bits per heavy atom. The van der Waals surface area contributed by atoms with Crippen LogP contribution >= 0.6 is 11.6 Å². The molecular weight excluding hydrogens is 270 g/mol. The van der Waals surface area contributed by atoms with Gasteiger partial charge in [0.15, 0.2) is 5.82 Å². The summed E-state index contributed by atoms with van der Waals surface area (Å²) in [6, 6.07) is 13.7. The van der Waals surface area contributed by atoms with Gasteiger partial charge in [-0.15, -0.1) is 0 Å². The molecule has 3 aromatic rings. The zero-order valence-corrected chi connectivity index (χ0v) is 11.7. The lowest BCUT2D eigenvalue weighted by Crippen LogP contribution is -1.97. The van der Waals surface area contributed by atoms with Crippen LogP contribution in [0.5, 0.6) is 0 Å². The molecule has 0 radical (unpaired) electrons. The van der Waals surface area contributed by atoms with Crippen molar-refractivity contribution >= 4 is 11.6 Å². The van der Waals surface area contributed by atoms with Crippen LogP contribution in [0.25, 0.3) is 22.6 Å². The summed E-state index contributed by atoms with van der Waals surface area (Å²) in [5.41, 5.74) is 3.68. The third-order valence-electron chi connectivity index (χ3n) is 3.07. The highest BCUT2D eigenvalue weighted by Crippen LogP contribution is 2.28. The number of hydrogen-bond donors (Lipinski definition) is 0. The third-order valence-corrected chi connectivity index (χ3v) is 3.44. The number of rotatable bonds is 2. The highest BCUT2D eigenvalue weighted by atomic mass is 35.5. The van der Waals surface area contributed by atoms with Crippen LogP contribution in [0, 0.1) is 6.92 Å². The highest BCUT2D eigenvalue weighted by Gasteiger charge is 2.12. The highest BCUT2D eigenvalue weighted by molar-refractivity contribution is 6.30. The van der Waals surface area contributed by atoms with Gasteiger partial charge in [-0.25, -0.2) is 9.97 Å². The number of halogens is 1. The first-order chi connectivity index (χ1) is 9.75. The monoisotopic (exact) mass is 281 g/mol. The van der Waals surface area contributed by atoms with Gasteiger partial charge in [-0.2, -0.15) is 0 Å². The van der Waals surface area contributed by atoms with E-state index in [4.69, 9.17) is 11.6 Å². The molecule has 0 amide bonds. The van der Waals surface area contributed by atoms with Gasteiger partial charge in [0.25, 0.3) is 0 Å². The summed E-state index contributed by atoms with van der Waals surface area (Å²) in [7, 11) is 0. The zero-order valence-electron chi connectivity index (χ0n) is 10.9. The average molecular weight is 282 g/mol. The van der Waals surface area contributed by atoms with Crippen molar-refractivity contribution in [2.24, 2.45) is 0 Å². The maximum atomic E-state index is 6.25. The van der Waals surface area contributed by atoms with Gasteiger partial charge in [-0.3, -0.25) is 4.98 Å². The van der Waals surface area contributed by atoms with Crippen LogP contribution < -0.4 is 0 Å². The zero-order chi connectivity index (χ0) is 13.9. The van der Waals surface area contributed by atoms with Crippen molar-refractivity contribution in [3.63, 3.8) is 0 Å². The minimum Gasteiger partial charge on any atom is -0.265 e. The van der Waals surface area contributed by atoms with Gasteiger partial charge in [-0.05, 0) is 19.1 Å². The molecule has 0 saturated heterocycles. The summed E-state index contributed by atoms with van der Waals surface area (Å²) >= 11 is 6.25. The van der Waals surface area contributed by atoms with Gasteiger partial charge in [0.05, 0.1) is 5.69 Å². The molecule has 1 aromatic carbocycles. The molecule has 0 N–H and O–H groups in total. The van der Waals surface area contributed by atoms with E-state index in [1.54, 1.807) is 12.4 Å². The lowest BCUT2D eigenvalue weighted by atomic mass is 10.1. The molecular formula is C16H12ClN3. The van der Waals surface area contributed by atoms with Crippen LogP contribution in [-0.2, 0) is 0 Å². The molecule has 3 nitrogen and oxygen atoms in total. The lowest BCUT2D eigenvalue weighted by Gasteiger charge is -2.09. The van der Waals surface area contributed by atoms with E-state index in [1.807, 2.05) is 49.4 Å². The summed E-state index contributed by atoms with van der Waals surface area (Å²) in [4.78, 5) is 13.0. The van der Waals surface area contributed by atoms with Crippen molar-refractivity contribution in [1.82, 2.24) is 15.0 Å². The molecule has 0 saturated carbocycles. The summed E-state index contributed by atoms with van der Waals surface area (Å²) in [5, 5.41) is 0.477. The first kappa shape index (κ1) is 12.8. The Bertz CT molecular complexity index is 727. The molecule has 2 aromatic heterocycles. The van der Waals surface area contributed by atoms with Crippen LogP contribution in [-0.4, -0.2) is 15.0 Å². The molecule has 0 spiro atoms. The van der Waals surface area contributed by atoms with Crippen molar-refractivity contribution in [2.75, 3.05) is 0 Å². The molecule has 0 unspecified atom stereocenters. The molecule has 0 aliphatic heterocycles. The van der Waals surface area contributed by atoms with Crippen LogP contribution in [0.15, 0.2) is 54.9 Å². The second kappa shape index (κ2) is 5.39. The molecule has 0 aliphatic rings. The number of benzene rings is 1. The summed E-state index contributed by atoms with van der Waals surface area (Å²) in [6.07, 6.45) is 3.43. The first-order valence-electron chi connectivity index (χ1n) is 6.25. The van der Waals surface area contributed by atoms with Crippen LogP contribution in [0.2, 0.25) is 5.15 Å². The molecule has 4 heteroatoms. The number of nitrogens with zero attached hydrogens (tertiary/aromatic N) is 3. The molecule has 2 heterocycles. The van der Waals surface area contributed by atoms with E-state index in [0.717, 1.165) is 22.4 Å². The van der Waals surface area contributed by atoms with Crippen LogP contribution in [0.4, 0.5) is 0 Å². The van der Waals surface area contributed by atoms with Crippen LogP contribution in [0.1, 0.15) is 5.56 Å². The largest absolute Gasteiger partial charge is 0.265 e. The second-order valence-corrected chi connectivity index (χ2v) is 4.77. The van der Waals surface area contributed by atoms with Gasteiger partial charge < -0.3 is 0 Å². The van der Waals surface area contributed by atoms with Crippen molar-refractivity contribution in [3.05, 3.63) is 65.6 Å². The van der Waals surface area contributed by atoms with Gasteiger partial charge in [0.2, 0.25) is 0 Å². The maximum Gasteiger partial charge on any atom is 0.161 e. The minimum absolute atomic E-state index is 0.477. The average Bonchev–Trinajstić information content (AvgIpc) is 2.51. The fourth-order valence-electron chi connectivity index (χ4n) is 2.00. The van der Waals surface area contributed by atoms with E-state index >= 15 is 0 Å². The van der Waals surface area contributed by atoms with E-state index in [1.165, 1.54) is 0 Å². The van der Waals surface area contributed by atoms with Gasteiger partial charge >= 0.3 is 0 Å². The molecule has 3 rings (SSSR count). The standard InChI is InChI=1S/C16H12ClN3/c1-11-14(12-5-3-2-4-6-12)19-16(20-15(11)17)13-7-9-18-10-8-13/h2-10H,1H3. The Morgan fingerprint density at radius 1 is 0.850 bits per heavy atom. The van der Waals surface area contributed by atoms with E-state index in [2.05, 4.69) is 15.0 Å². The Kier molecular flexibility index (Phi) is 3.44. The van der Waals surface area contributed by atoms with Crippen molar-refractivity contribution in [2.45, 2.75) is 6.92 Å².